The predicted molar refractivity (Wildman–Crippen MR) is 93.9 cm³/mol. The number of aliphatic hydroxyl groups is 1. The molecule has 1 fully saturated rings. The number of likely N-dealkylation sites (tertiary alicyclic amines) is 1. The lowest BCUT2D eigenvalue weighted by atomic mass is 9.80. The van der Waals surface area contributed by atoms with Gasteiger partial charge < -0.3 is 15.0 Å². The van der Waals surface area contributed by atoms with Gasteiger partial charge in [0, 0.05) is 38.3 Å². The highest BCUT2D eigenvalue weighted by molar-refractivity contribution is 5.92. The third-order valence-electron chi connectivity index (χ3n) is 4.90. The molecule has 1 unspecified atom stereocenters. The van der Waals surface area contributed by atoms with E-state index in [1.54, 1.807) is 19.0 Å². The van der Waals surface area contributed by atoms with Crippen LogP contribution < -0.4 is 0 Å². The molecule has 128 valence electrons. The summed E-state index contributed by atoms with van der Waals surface area (Å²) in [6, 6.07) is 14.1. The van der Waals surface area contributed by atoms with Gasteiger partial charge in [-0.1, -0.05) is 30.3 Å². The van der Waals surface area contributed by atoms with Crippen LogP contribution in [0.25, 0.3) is 0 Å². The van der Waals surface area contributed by atoms with Crippen LogP contribution in [0.5, 0.6) is 0 Å². The molecular weight excluding hydrogens is 302 g/mol. The molecule has 24 heavy (non-hydrogen) atoms. The molecule has 1 saturated heterocycles. The molecule has 0 radical (unpaired) electrons. The average molecular weight is 327 g/mol. The van der Waals surface area contributed by atoms with Crippen molar-refractivity contribution in [2.24, 2.45) is 0 Å². The zero-order chi connectivity index (χ0) is 17.2. The van der Waals surface area contributed by atoms with Crippen molar-refractivity contribution in [2.75, 3.05) is 33.8 Å². The Kier molecular flexibility index (Phi) is 4.73. The topological polar surface area (TPSA) is 59.6 Å². The molecule has 0 bridgehead atoms. The van der Waals surface area contributed by atoms with Gasteiger partial charge >= 0.3 is 0 Å². The summed E-state index contributed by atoms with van der Waals surface area (Å²) in [5.74, 6) is -0.0170. The minimum atomic E-state index is -0.184. The quantitative estimate of drug-likeness (QED) is 0.881. The third kappa shape index (κ3) is 3.23. The first-order valence-corrected chi connectivity index (χ1v) is 8.32. The Morgan fingerprint density at radius 3 is 2.67 bits per heavy atom. The van der Waals surface area contributed by atoms with Crippen LogP contribution in [0.4, 0.5) is 0 Å². The maximum Gasteiger partial charge on any atom is 0.269 e. The maximum atomic E-state index is 12.0. The molecule has 2 heterocycles. The summed E-state index contributed by atoms with van der Waals surface area (Å²) in [6.07, 6.45) is 0.942. The number of carbonyl (C=O) groups is 1. The number of hydrogen-bond acceptors (Lipinski definition) is 3. The van der Waals surface area contributed by atoms with Crippen molar-refractivity contribution in [3.05, 3.63) is 59.4 Å². The molecule has 1 aliphatic heterocycles. The van der Waals surface area contributed by atoms with E-state index in [0.717, 1.165) is 31.7 Å². The van der Waals surface area contributed by atoms with Gasteiger partial charge in [-0.2, -0.15) is 0 Å². The lowest BCUT2D eigenvalue weighted by Crippen LogP contribution is -2.34. The molecule has 1 aliphatic rings. The van der Waals surface area contributed by atoms with E-state index < -0.39 is 0 Å². The zero-order valence-electron chi connectivity index (χ0n) is 14.3. The van der Waals surface area contributed by atoms with Crippen LogP contribution in [0.15, 0.2) is 42.5 Å². The number of aromatic amines is 1. The summed E-state index contributed by atoms with van der Waals surface area (Å²) >= 11 is 0. The summed E-state index contributed by atoms with van der Waals surface area (Å²) < 4.78 is 0. The van der Waals surface area contributed by atoms with E-state index in [9.17, 15) is 9.90 Å². The summed E-state index contributed by atoms with van der Waals surface area (Å²) in [5, 5.41) is 10.0. The Labute approximate surface area is 142 Å². The lowest BCUT2D eigenvalue weighted by Gasteiger charge is -2.27. The molecular formula is C19H25N3O2. The van der Waals surface area contributed by atoms with E-state index in [4.69, 9.17) is 0 Å². The number of amides is 1. The van der Waals surface area contributed by atoms with E-state index in [2.05, 4.69) is 22.0 Å². The smallest absolute Gasteiger partial charge is 0.269 e. The maximum absolute atomic E-state index is 12.0. The highest BCUT2D eigenvalue weighted by Crippen LogP contribution is 2.34. The van der Waals surface area contributed by atoms with Crippen molar-refractivity contribution in [3.63, 3.8) is 0 Å². The van der Waals surface area contributed by atoms with Crippen molar-refractivity contribution in [1.29, 1.82) is 0 Å². The molecule has 5 heteroatoms. The van der Waals surface area contributed by atoms with E-state index in [1.165, 1.54) is 5.56 Å². The van der Waals surface area contributed by atoms with Crippen LogP contribution in [0.1, 0.15) is 28.2 Å². The van der Waals surface area contributed by atoms with E-state index >= 15 is 0 Å². The molecule has 1 atom stereocenters. The first kappa shape index (κ1) is 16.7. The largest absolute Gasteiger partial charge is 0.395 e. The summed E-state index contributed by atoms with van der Waals surface area (Å²) in [5.41, 5.74) is 2.66. The van der Waals surface area contributed by atoms with Gasteiger partial charge in [0.15, 0.2) is 0 Å². The molecule has 1 aromatic heterocycles. The third-order valence-corrected chi connectivity index (χ3v) is 4.90. The molecule has 0 saturated carbocycles. The van der Waals surface area contributed by atoms with Crippen molar-refractivity contribution in [2.45, 2.75) is 18.4 Å². The van der Waals surface area contributed by atoms with Crippen molar-refractivity contribution >= 4 is 5.91 Å². The van der Waals surface area contributed by atoms with Crippen LogP contribution in [0.2, 0.25) is 0 Å². The zero-order valence-corrected chi connectivity index (χ0v) is 14.3. The standard InChI is InChI=1S/C19H25N3O2/c1-21(2)18(24)17-9-8-16(20-17)12-22-11-10-19(13-22,14-23)15-6-4-3-5-7-15/h3-9,20,23H,10-14H2,1-2H3. The Morgan fingerprint density at radius 1 is 1.25 bits per heavy atom. The van der Waals surface area contributed by atoms with E-state index in [1.807, 2.05) is 30.3 Å². The Morgan fingerprint density at radius 2 is 2.00 bits per heavy atom. The van der Waals surface area contributed by atoms with Gasteiger partial charge in [-0.15, -0.1) is 0 Å². The van der Waals surface area contributed by atoms with Gasteiger partial charge in [-0.3, -0.25) is 9.69 Å². The average Bonchev–Trinajstić information content (AvgIpc) is 3.23. The number of carbonyl (C=O) groups excluding carboxylic acids is 1. The van der Waals surface area contributed by atoms with Crippen LogP contribution in [0.3, 0.4) is 0 Å². The fourth-order valence-electron chi connectivity index (χ4n) is 3.48. The second-order valence-electron chi connectivity index (χ2n) is 6.86. The van der Waals surface area contributed by atoms with Gasteiger partial charge in [-0.25, -0.2) is 0 Å². The normalized spacial score (nSPS) is 21.1. The molecule has 0 spiro atoms. The molecule has 1 aromatic carbocycles. The summed E-state index contributed by atoms with van der Waals surface area (Å²) in [4.78, 5) is 19.1. The van der Waals surface area contributed by atoms with E-state index in [-0.39, 0.29) is 17.9 Å². The number of H-pyrrole nitrogens is 1. The van der Waals surface area contributed by atoms with Gasteiger partial charge in [0.2, 0.25) is 0 Å². The SMILES string of the molecule is CN(C)C(=O)c1ccc(CN2CCC(CO)(c3ccccc3)C2)[nH]1. The predicted octanol–water partition coefficient (Wildman–Crippen LogP) is 1.85. The molecule has 5 nitrogen and oxygen atoms in total. The second kappa shape index (κ2) is 6.79. The lowest BCUT2D eigenvalue weighted by molar-refractivity contribution is 0.0822. The molecule has 0 aliphatic carbocycles. The number of aliphatic hydroxyl groups excluding tert-OH is 1. The molecule has 2 N–H and O–H groups in total. The van der Waals surface area contributed by atoms with Crippen LogP contribution in [-0.2, 0) is 12.0 Å². The van der Waals surface area contributed by atoms with Gasteiger partial charge in [0.1, 0.15) is 5.69 Å². The first-order valence-electron chi connectivity index (χ1n) is 8.32. The molecule has 2 aromatic rings. The van der Waals surface area contributed by atoms with Gasteiger partial charge in [-0.05, 0) is 30.7 Å². The number of nitrogens with zero attached hydrogens (tertiary/aromatic N) is 2. The first-order chi connectivity index (χ1) is 11.5. The van der Waals surface area contributed by atoms with Gasteiger partial charge in [0.05, 0.1) is 6.61 Å². The Bertz CT molecular complexity index is 696. The number of nitrogens with one attached hydrogen (secondary N) is 1. The monoisotopic (exact) mass is 327 g/mol. The number of benzene rings is 1. The molecule has 1 amide bonds. The van der Waals surface area contributed by atoms with E-state index in [0.29, 0.717) is 5.69 Å². The minimum Gasteiger partial charge on any atom is -0.395 e. The summed E-state index contributed by atoms with van der Waals surface area (Å²) in [6.45, 7) is 2.67. The van der Waals surface area contributed by atoms with Crippen molar-refractivity contribution in [1.82, 2.24) is 14.8 Å². The Balaban J connectivity index is 1.69. The Hall–Kier alpha value is -2.11. The van der Waals surface area contributed by atoms with Crippen molar-refractivity contribution < 1.29 is 9.90 Å². The van der Waals surface area contributed by atoms with Gasteiger partial charge in [0.25, 0.3) is 5.91 Å². The number of hydrogen-bond donors (Lipinski definition) is 2. The minimum absolute atomic E-state index is 0.0170. The fourth-order valence-corrected chi connectivity index (χ4v) is 3.48. The number of aromatic nitrogens is 1. The summed E-state index contributed by atoms with van der Waals surface area (Å²) in [7, 11) is 3.50. The molecule has 3 rings (SSSR count). The number of rotatable bonds is 5. The highest BCUT2D eigenvalue weighted by Gasteiger charge is 2.39. The van der Waals surface area contributed by atoms with Crippen LogP contribution in [0, 0.1) is 0 Å². The highest BCUT2D eigenvalue weighted by atomic mass is 16.3. The second-order valence-corrected chi connectivity index (χ2v) is 6.86. The van der Waals surface area contributed by atoms with Crippen LogP contribution >= 0.6 is 0 Å². The van der Waals surface area contributed by atoms with Crippen molar-refractivity contribution in [3.8, 4) is 0 Å². The van der Waals surface area contributed by atoms with Crippen LogP contribution in [-0.4, -0.2) is 59.6 Å². The fraction of sp³-hybridized carbons (Fsp3) is 0.421.